The first-order valence-electron chi connectivity index (χ1n) is 3.26. The Labute approximate surface area is 65.4 Å². The third kappa shape index (κ3) is 1.71. The lowest BCUT2D eigenvalue weighted by Crippen LogP contribution is -1.99. The molecule has 0 heterocycles. The van der Waals surface area contributed by atoms with Crippen LogP contribution in [0.4, 0.5) is 0 Å². The third-order valence-electron chi connectivity index (χ3n) is 1.55. The van der Waals surface area contributed by atoms with Gasteiger partial charge in [-0.25, -0.2) is 0 Å². The third-order valence-corrected chi connectivity index (χ3v) is 1.87. The molecule has 54 valence electrons. The highest BCUT2D eigenvalue weighted by atomic mass is 35.5. The highest BCUT2D eigenvalue weighted by Gasteiger charge is 2.07. The van der Waals surface area contributed by atoms with Gasteiger partial charge in [-0.3, -0.25) is 4.79 Å². The number of ketones is 1. The predicted molar refractivity (Wildman–Crippen MR) is 41.9 cm³/mol. The van der Waals surface area contributed by atoms with Gasteiger partial charge in [-0.2, -0.15) is 0 Å². The van der Waals surface area contributed by atoms with Crippen LogP contribution in [0.2, 0.25) is 0 Å². The molecular weight excluding hydrogens is 148 g/mol. The van der Waals surface area contributed by atoms with Gasteiger partial charge in [0, 0.05) is 5.03 Å². The molecule has 0 amide bonds. The highest BCUT2D eigenvalue weighted by molar-refractivity contribution is 6.29. The van der Waals surface area contributed by atoms with Gasteiger partial charge in [0.2, 0.25) is 0 Å². The van der Waals surface area contributed by atoms with Crippen LogP contribution >= 0.6 is 11.6 Å². The molecule has 10 heavy (non-hydrogen) atoms. The molecule has 0 atom stereocenters. The lowest BCUT2D eigenvalue weighted by Gasteiger charge is -2.06. The fourth-order valence-electron chi connectivity index (χ4n) is 0.905. The summed E-state index contributed by atoms with van der Waals surface area (Å²) in [6.07, 6.45) is 5.20. The molecular formula is C8H9ClO. The van der Waals surface area contributed by atoms with Crippen molar-refractivity contribution in [1.29, 1.82) is 0 Å². The second kappa shape index (κ2) is 3.02. The molecule has 0 N–H and O–H groups in total. The van der Waals surface area contributed by atoms with Crippen molar-refractivity contribution >= 4 is 17.4 Å². The van der Waals surface area contributed by atoms with Gasteiger partial charge in [0.25, 0.3) is 0 Å². The molecule has 1 aliphatic rings. The number of hydrogen-bond acceptors (Lipinski definition) is 1. The van der Waals surface area contributed by atoms with E-state index in [0.717, 1.165) is 23.4 Å². The van der Waals surface area contributed by atoms with Crippen LogP contribution in [0, 0.1) is 0 Å². The Morgan fingerprint density at radius 1 is 1.50 bits per heavy atom. The monoisotopic (exact) mass is 156 g/mol. The van der Waals surface area contributed by atoms with Crippen LogP contribution in [0.5, 0.6) is 0 Å². The zero-order valence-electron chi connectivity index (χ0n) is 5.86. The van der Waals surface area contributed by atoms with E-state index in [1.165, 1.54) is 0 Å². The summed E-state index contributed by atoms with van der Waals surface area (Å²) >= 11 is 5.69. The van der Waals surface area contributed by atoms with Crippen molar-refractivity contribution in [3.05, 3.63) is 22.8 Å². The lowest BCUT2D eigenvalue weighted by atomic mass is 10.0. The molecule has 0 saturated carbocycles. The Morgan fingerprint density at radius 3 is 2.60 bits per heavy atom. The minimum absolute atomic E-state index is 0.153. The minimum Gasteiger partial charge on any atom is -0.295 e. The van der Waals surface area contributed by atoms with Crippen LogP contribution in [-0.4, -0.2) is 5.78 Å². The zero-order chi connectivity index (χ0) is 7.56. The number of halogens is 1. The number of carbonyl (C=O) groups is 1. The summed E-state index contributed by atoms with van der Waals surface area (Å²) in [6, 6.07) is 0. The second-order valence-electron chi connectivity index (χ2n) is 2.36. The molecule has 0 unspecified atom stereocenters. The van der Waals surface area contributed by atoms with Crippen molar-refractivity contribution < 1.29 is 4.79 Å². The summed E-state index contributed by atoms with van der Waals surface area (Å²) in [7, 11) is 0. The van der Waals surface area contributed by atoms with Crippen LogP contribution in [0.3, 0.4) is 0 Å². The van der Waals surface area contributed by atoms with Gasteiger partial charge in [0.15, 0.2) is 5.78 Å². The fourth-order valence-corrected chi connectivity index (χ4v) is 1.06. The zero-order valence-corrected chi connectivity index (χ0v) is 6.61. The Bertz CT molecular complexity index is 213. The quantitative estimate of drug-likeness (QED) is 0.570. The SMILES string of the molecule is CC(=O)C1=CC=C(Cl)CC1. The molecule has 0 radical (unpaired) electrons. The Kier molecular flexibility index (Phi) is 2.28. The van der Waals surface area contributed by atoms with Gasteiger partial charge < -0.3 is 0 Å². The molecule has 0 aliphatic heterocycles. The molecule has 1 nitrogen and oxygen atoms in total. The van der Waals surface area contributed by atoms with E-state index in [1.54, 1.807) is 19.1 Å². The van der Waals surface area contributed by atoms with Crippen molar-refractivity contribution in [3.8, 4) is 0 Å². The van der Waals surface area contributed by atoms with E-state index >= 15 is 0 Å². The van der Waals surface area contributed by atoms with Crippen molar-refractivity contribution in [2.45, 2.75) is 19.8 Å². The molecule has 0 bridgehead atoms. The maximum Gasteiger partial charge on any atom is 0.155 e. The first-order chi connectivity index (χ1) is 4.70. The van der Waals surface area contributed by atoms with E-state index in [0.29, 0.717) is 0 Å². The molecule has 0 aromatic carbocycles. The largest absolute Gasteiger partial charge is 0.295 e. The second-order valence-corrected chi connectivity index (χ2v) is 2.85. The molecule has 0 fully saturated rings. The molecule has 1 rings (SSSR count). The van der Waals surface area contributed by atoms with Gasteiger partial charge in [0.05, 0.1) is 0 Å². The molecule has 0 aromatic heterocycles. The van der Waals surface area contributed by atoms with Gasteiger partial charge in [-0.15, -0.1) is 0 Å². The van der Waals surface area contributed by atoms with Gasteiger partial charge in [-0.05, 0) is 31.4 Å². The van der Waals surface area contributed by atoms with E-state index in [2.05, 4.69) is 0 Å². The molecule has 1 aliphatic carbocycles. The average Bonchev–Trinajstić information content (AvgIpc) is 1.88. The first-order valence-corrected chi connectivity index (χ1v) is 3.64. The lowest BCUT2D eigenvalue weighted by molar-refractivity contribution is -0.113. The van der Waals surface area contributed by atoms with Crippen molar-refractivity contribution in [1.82, 2.24) is 0 Å². The van der Waals surface area contributed by atoms with Crippen LogP contribution in [0.15, 0.2) is 22.8 Å². The Morgan fingerprint density at radius 2 is 2.20 bits per heavy atom. The first kappa shape index (κ1) is 7.55. The maximum absolute atomic E-state index is 10.8. The Hall–Kier alpha value is -0.560. The number of carbonyl (C=O) groups excluding carboxylic acids is 1. The van der Waals surface area contributed by atoms with E-state index < -0.39 is 0 Å². The van der Waals surface area contributed by atoms with Gasteiger partial charge in [0.1, 0.15) is 0 Å². The van der Waals surface area contributed by atoms with Crippen LogP contribution in [-0.2, 0) is 4.79 Å². The van der Waals surface area contributed by atoms with Crippen molar-refractivity contribution in [2.24, 2.45) is 0 Å². The summed E-state index contributed by atoms with van der Waals surface area (Å²) in [4.78, 5) is 10.8. The van der Waals surface area contributed by atoms with Gasteiger partial charge >= 0.3 is 0 Å². The van der Waals surface area contributed by atoms with E-state index in [1.807, 2.05) is 0 Å². The molecule has 0 aromatic rings. The highest BCUT2D eigenvalue weighted by Crippen LogP contribution is 2.20. The summed E-state index contributed by atoms with van der Waals surface area (Å²) in [5.74, 6) is 0.153. The van der Waals surface area contributed by atoms with Crippen molar-refractivity contribution in [3.63, 3.8) is 0 Å². The average molecular weight is 157 g/mol. The topological polar surface area (TPSA) is 17.1 Å². The Balaban J connectivity index is 2.74. The van der Waals surface area contributed by atoms with Crippen LogP contribution < -0.4 is 0 Å². The van der Waals surface area contributed by atoms with Gasteiger partial charge in [-0.1, -0.05) is 17.7 Å². The number of hydrogen-bond donors (Lipinski definition) is 0. The number of rotatable bonds is 1. The fraction of sp³-hybridized carbons (Fsp3) is 0.375. The predicted octanol–water partition coefficient (Wildman–Crippen LogP) is 2.42. The normalized spacial score (nSPS) is 17.8. The van der Waals surface area contributed by atoms with E-state index in [9.17, 15) is 4.79 Å². The van der Waals surface area contributed by atoms with Crippen LogP contribution in [0.25, 0.3) is 0 Å². The smallest absolute Gasteiger partial charge is 0.155 e. The minimum atomic E-state index is 0.153. The molecule has 0 saturated heterocycles. The molecule has 2 heteroatoms. The number of Topliss-reactive ketones (excluding diaryl/α,β-unsaturated/α-hetero) is 1. The summed E-state index contributed by atoms with van der Waals surface area (Å²) < 4.78 is 0. The van der Waals surface area contributed by atoms with Crippen LogP contribution in [0.1, 0.15) is 19.8 Å². The van der Waals surface area contributed by atoms with Crippen molar-refractivity contribution in [2.75, 3.05) is 0 Å². The summed E-state index contributed by atoms with van der Waals surface area (Å²) in [6.45, 7) is 1.58. The van der Waals surface area contributed by atoms with E-state index in [-0.39, 0.29) is 5.78 Å². The summed E-state index contributed by atoms with van der Waals surface area (Å²) in [5.41, 5.74) is 0.879. The maximum atomic E-state index is 10.8. The summed E-state index contributed by atoms with van der Waals surface area (Å²) in [5, 5.41) is 0.838. The van der Waals surface area contributed by atoms with E-state index in [4.69, 9.17) is 11.6 Å². The molecule has 0 spiro atoms. The standard InChI is InChI=1S/C8H9ClO/c1-6(10)7-2-4-8(9)5-3-7/h2,4H,3,5H2,1H3. The number of allylic oxidation sites excluding steroid dienone is 4.